The summed E-state index contributed by atoms with van der Waals surface area (Å²) < 4.78 is 0. The number of carbonyl (C=O) groups is 2. The van der Waals surface area contributed by atoms with Crippen LogP contribution in [-0.2, 0) is 16.0 Å². The molecule has 6 heteroatoms. The van der Waals surface area contributed by atoms with Crippen LogP contribution in [0.3, 0.4) is 0 Å². The second-order valence-corrected chi connectivity index (χ2v) is 7.98. The first kappa shape index (κ1) is 21.3. The number of benzene rings is 3. The van der Waals surface area contributed by atoms with Crippen molar-refractivity contribution in [2.24, 2.45) is 5.92 Å². The Labute approximate surface area is 196 Å². The molecule has 2 amide bonds. The van der Waals surface area contributed by atoms with Crippen molar-refractivity contribution in [1.29, 1.82) is 0 Å². The van der Waals surface area contributed by atoms with Crippen LogP contribution < -0.4 is 10.6 Å². The number of fused-ring (bicyclic) bond motifs is 2. The van der Waals surface area contributed by atoms with E-state index in [0.29, 0.717) is 22.4 Å². The zero-order chi connectivity index (χ0) is 23.3. The molecular formula is C28H22N4O2. The Balaban J connectivity index is 1.46. The first-order valence-corrected chi connectivity index (χ1v) is 11.0. The Morgan fingerprint density at radius 1 is 0.618 bits per heavy atom. The molecule has 0 atom stereocenters. The van der Waals surface area contributed by atoms with E-state index in [0.717, 1.165) is 16.3 Å². The highest BCUT2D eigenvalue weighted by Gasteiger charge is 2.28. The van der Waals surface area contributed by atoms with Crippen molar-refractivity contribution in [2.75, 3.05) is 10.6 Å². The van der Waals surface area contributed by atoms with Gasteiger partial charge in [0.2, 0.25) is 11.8 Å². The normalized spacial score (nSPS) is 11.0. The van der Waals surface area contributed by atoms with Gasteiger partial charge in [-0.05, 0) is 36.2 Å². The van der Waals surface area contributed by atoms with Crippen LogP contribution in [0.15, 0.2) is 103 Å². The number of amides is 2. The van der Waals surface area contributed by atoms with Gasteiger partial charge >= 0.3 is 0 Å². The lowest BCUT2D eigenvalue weighted by atomic mass is 9.97. The highest BCUT2D eigenvalue weighted by molar-refractivity contribution is 6.14. The molecule has 0 unspecified atom stereocenters. The fourth-order valence-electron chi connectivity index (χ4n) is 4.00. The molecule has 3 aromatic carbocycles. The predicted molar refractivity (Wildman–Crippen MR) is 134 cm³/mol. The minimum Gasteiger partial charge on any atom is -0.323 e. The van der Waals surface area contributed by atoms with E-state index < -0.39 is 17.7 Å². The second kappa shape index (κ2) is 9.50. The van der Waals surface area contributed by atoms with Gasteiger partial charge in [-0.25, -0.2) is 0 Å². The van der Waals surface area contributed by atoms with Crippen molar-refractivity contribution in [2.45, 2.75) is 6.42 Å². The highest BCUT2D eigenvalue weighted by atomic mass is 16.2. The smallest absolute Gasteiger partial charge is 0.237 e. The molecule has 0 aliphatic carbocycles. The average Bonchev–Trinajstić information content (AvgIpc) is 2.88. The molecular weight excluding hydrogens is 424 g/mol. The number of anilines is 2. The van der Waals surface area contributed by atoms with E-state index in [1.54, 1.807) is 24.5 Å². The zero-order valence-electron chi connectivity index (χ0n) is 18.3. The maximum atomic E-state index is 13.4. The van der Waals surface area contributed by atoms with Crippen LogP contribution in [0.1, 0.15) is 5.56 Å². The minimum absolute atomic E-state index is 0.259. The third kappa shape index (κ3) is 4.47. The number of pyridine rings is 2. The summed E-state index contributed by atoms with van der Waals surface area (Å²) >= 11 is 0. The van der Waals surface area contributed by atoms with Crippen LogP contribution in [0, 0.1) is 5.92 Å². The highest BCUT2D eigenvalue weighted by Crippen LogP contribution is 2.24. The lowest BCUT2D eigenvalue weighted by Gasteiger charge is -2.18. The van der Waals surface area contributed by atoms with Crippen LogP contribution >= 0.6 is 0 Å². The topological polar surface area (TPSA) is 84.0 Å². The number of nitrogens with zero attached hydrogens (tertiary/aromatic N) is 2. The lowest BCUT2D eigenvalue weighted by molar-refractivity contribution is -0.129. The Hall–Kier alpha value is -4.58. The molecule has 0 saturated carbocycles. The van der Waals surface area contributed by atoms with Gasteiger partial charge in [-0.1, -0.05) is 66.7 Å². The number of rotatable bonds is 6. The number of nitrogens with one attached hydrogen (secondary N) is 2. The Bertz CT molecular complexity index is 1380. The summed E-state index contributed by atoms with van der Waals surface area (Å²) in [4.78, 5) is 35.7. The van der Waals surface area contributed by atoms with Crippen LogP contribution in [-0.4, -0.2) is 21.8 Å². The van der Waals surface area contributed by atoms with Gasteiger partial charge in [0.15, 0.2) is 0 Å². The molecule has 2 N–H and O–H groups in total. The lowest BCUT2D eigenvalue weighted by Crippen LogP contribution is -2.35. The second-order valence-electron chi connectivity index (χ2n) is 7.98. The van der Waals surface area contributed by atoms with E-state index in [4.69, 9.17) is 0 Å². The number of hydrogen-bond donors (Lipinski definition) is 2. The van der Waals surface area contributed by atoms with Gasteiger partial charge in [-0.3, -0.25) is 19.6 Å². The molecule has 6 nitrogen and oxygen atoms in total. The summed E-state index contributed by atoms with van der Waals surface area (Å²) in [6, 6.07) is 28.2. The first-order valence-electron chi connectivity index (χ1n) is 11.0. The summed E-state index contributed by atoms with van der Waals surface area (Å²) in [6.07, 6.45) is 3.62. The molecule has 166 valence electrons. The molecule has 0 aliphatic heterocycles. The molecule has 5 aromatic rings. The van der Waals surface area contributed by atoms with Crippen molar-refractivity contribution < 1.29 is 9.59 Å². The molecule has 0 bridgehead atoms. The van der Waals surface area contributed by atoms with Crippen molar-refractivity contribution in [3.63, 3.8) is 0 Å². The molecule has 0 fully saturated rings. The van der Waals surface area contributed by atoms with E-state index >= 15 is 0 Å². The van der Waals surface area contributed by atoms with Gasteiger partial charge in [0.1, 0.15) is 5.92 Å². The quantitative estimate of drug-likeness (QED) is 0.350. The molecule has 0 saturated heterocycles. The first-order chi connectivity index (χ1) is 16.7. The molecule has 0 spiro atoms. The zero-order valence-corrected chi connectivity index (χ0v) is 18.3. The number of aromatic nitrogens is 2. The summed E-state index contributed by atoms with van der Waals surface area (Å²) in [6.45, 7) is 0. The van der Waals surface area contributed by atoms with E-state index in [2.05, 4.69) is 20.6 Å². The fraction of sp³-hybridized carbons (Fsp3) is 0.0714. The van der Waals surface area contributed by atoms with Gasteiger partial charge in [0.05, 0.1) is 22.4 Å². The third-order valence-electron chi connectivity index (χ3n) is 5.70. The largest absolute Gasteiger partial charge is 0.323 e. The standard InChI is InChI=1S/C28H22N4O2/c33-27(31-23-14-4-10-20-12-6-16-29-25(20)23)22(18-19-8-2-1-3-9-19)28(34)32-24-15-5-11-21-13-7-17-30-26(21)24/h1-17,22H,18H2,(H,31,33)(H,32,34). The summed E-state index contributed by atoms with van der Waals surface area (Å²) in [5.74, 6) is -1.75. The third-order valence-corrected chi connectivity index (χ3v) is 5.70. The van der Waals surface area contributed by atoms with Gasteiger partial charge in [-0.2, -0.15) is 0 Å². The van der Waals surface area contributed by atoms with Crippen molar-refractivity contribution >= 4 is 45.0 Å². The maximum absolute atomic E-state index is 13.4. The molecule has 5 rings (SSSR count). The van der Waals surface area contributed by atoms with Crippen molar-refractivity contribution in [1.82, 2.24) is 9.97 Å². The van der Waals surface area contributed by atoms with Gasteiger partial charge in [0, 0.05) is 23.2 Å². The Morgan fingerprint density at radius 2 is 1.12 bits per heavy atom. The fourth-order valence-corrected chi connectivity index (χ4v) is 4.00. The van der Waals surface area contributed by atoms with Gasteiger partial charge < -0.3 is 10.6 Å². The SMILES string of the molecule is O=C(Nc1cccc2cccnc12)C(Cc1ccccc1)C(=O)Nc1cccc2cccnc12. The molecule has 2 heterocycles. The van der Waals surface area contributed by atoms with Crippen LogP contribution in [0.25, 0.3) is 21.8 Å². The summed E-state index contributed by atoms with van der Waals surface area (Å²) in [5.41, 5.74) is 3.39. The van der Waals surface area contributed by atoms with Gasteiger partial charge in [0.25, 0.3) is 0 Å². The Morgan fingerprint density at radius 3 is 1.65 bits per heavy atom. The number of para-hydroxylation sites is 2. The van der Waals surface area contributed by atoms with Crippen molar-refractivity contribution in [3.05, 3.63) is 109 Å². The van der Waals surface area contributed by atoms with E-state index in [9.17, 15) is 9.59 Å². The Kier molecular flexibility index (Phi) is 5.95. The monoisotopic (exact) mass is 446 g/mol. The number of carbonyl (C=O) groups excluding carboxylic acids is 2. The van der Waals surface area contributed by atoms with Gasteiger partial charge in [-0.15, -0.1) is 0 Å². The molecule has 0 radical (unpaired) electrons. The van der Waals surface area contributed by atoms with Crippen LogP contribution in [0.5, 0.6) is 0 Å². The van der Waals surface area contributed by atoms with Crippen LogP contribution in [0.2, 0.25) is 0 Å². The van der Waals surface area contributed by atoms with Crippen molar-refractivity contribution in [3.8, 4) is 0 Å². The molecule has 2 aromatic heterocycles. The predicted octanol–water partition coefficient (Wildman–Crippen LogP) is 5.22. The average molecular weight is 447 g/mol. The molecule has 34 heavy (non-hydrogen) atoms. The van der Waals surface area contributed by atoms with E-state index in [-0.39, 0.29) is 6.42 Å². The maximum Gasteiger partial charge on any atom is 0.237 e. The summed E-state index contributed by atoms with van der Waals surface area (Å²) in [5, 5.41) is 7.68. The number of hydrogen-bond acceptors (Lipinski definition) is 4. The van der Waals surface area contributed by atoms with Crippen LogP contribution in [0.4, 0.5) is 11.4 Å². The minimum atomic E-state index is -0.958. The molecule has 0 aliphatic rings. The van der Waals surface area contributed by atoms with E-state index in [1.807, 2.05) is 78.9 Å². The van der Waals surface area contributed by atoms with E-state index in [1.165, 1.54) is 0 Å². The summed E-state index contributed by atoms with van der Waals surface area (Å²) in [7, 11) is 0.